The van der Waals surface area contributed by atoms with Crippen molar-refractivity contribution < 1.29 is 22.7 Å². The monoisotopic (exact) mass is 273 g/mol. The van der Waals surface area contributed by atoms with Gasteiger partial charge in [0.1, 0.15) is 5.54 Å². The summed E-state index contributed by atoms with van der Waals surface area (Å²) in [6.45, 7) is 1.91. The summed E-state index contributed by atoms with van der Waals surface area (Å²) in [7, 11) is 0. The number of hydrogen-bond acceptors (Lipinski definition) is 3. The Morgan fingerprint density at radius 3 is 2.47 bits per heavy atom. The van der Waals surface area contributed by atoms with Crippen molar-refractivity contribution in [2.45, 2.75) is 31.0 Å². The van der Waals surface area contributed by atoms with E-state index in [-0.39, 0.29) is 12.5 Å². The van der Waals surface area contributed by atoms with E-state index < -0.39 is 23.2 Å². The van der Waals surface area contributed by atoms with Crippen LogP contribution in [0.5, 0.6) is 0 Å². The van der Waals surface area contributed by atoms with Gasteiger partial charge in [0, 0.05) is 5.92 Å². The molecule has 0 amide bonds. The maximum atomic E-state index is 12.4. The number of alkyl halides is 3. The second kappa shape index (κ2) is 4.52. The molecule has 1 aliphatic carbocycles. The predicted molar refractivity (Wildman–Crippen MR) is 62.4 cm³/mol. The van der Waals surface area contributed by atoms with Gasteiger partial charge in [-0.05, 0) is 31.0 Å². The van der Waals surface area contributed by atoms with Gasteiger partial charge in [0.25, 0.3) is 0 Å². The number of benzene rings is 1. The Morgan fingerprint density at radius 1 is 1.42 bits per heavy atom. The number of carbonyl (C=O) groups excluding carboxylic acids is 1. The molecule has 104 valence electrons. The van der Waals surface area contributed by atoms with E-state index in [1.165, 1.54) is 12.1 Å². The summed E-state index contributed by atoms with van der Waals surface area (Å²) < 4.78 is 42.1. The van der Waals surface area contributed by atoms with Gasteiger partial charge in [-0.25, -0.2) is 0 Å². The quantitative estimate of drug-likeness (QED) is 0.861. The molecule has 0 spiro atoms. The van der Waals surface area contributed by atoms with E-state index in [4.69, 9.17) is 10.5 Å². The van der Waals surface area contributed by atoms with Crippen LogP contribution in [0.25, 0.3) is 0 Å². The highest BCUT2D eigenvalue weighted by atomic mass is 19.4. The molecule has 2 N–H and O–H groups in total. The summed E-state index contributed by atoms with van der Waals surface area (Å²) in [4.78, 5) is 11.6. The van der Waals surface area contributed by atoms with Crippen LogP contribution in [0.3, 0.4) is 0 Å². The molecule has 2 rings (SSSR count). The lowest BCUT2D eigenvalue weighted by atomic mass is 10.0. The third kappa shape index (κ3) is 2.58. The van der Waals surface area contributed by atoms with E-state index in [0.717, 1.165) is 12.1 Å². The maximum absolute atomic E-state index is 12.4. The lowest BCUT2D eigenvalue weighted by Crippen LogP contribution is -2.36. The Kier molecular flexibility index (Phi) is 3.30. The van der Waals surface area contributed by atoms with Crippen LogP contribution in [0.4, 0.5) is 13.2 Å². The van der Waals surface area contributed by atoms with Crippen LogP contribution < -0.4 is 5.73 Å². The Balaban J connectivity index is 2.12. The van der Waals surface area contributed by atoms with Gasteiger partial charge in [-0.1, -0.05) is 12.1 Å². The SMILES string of the molecule is CCOC(=O)C1(N)CC1c1ccc(C(F)(F)F)cc1. The number of esters is 1. The lowest BCUT2D eigenvalue weighted by Gasteiger charge is -2.11. The molecule has 2 atom stereocenters. The summed E-state index contributed by atoms with van der Waals surface area (Å²) in [5.41, 5.74) is 4.71. The van der Waals surface area contributed by atoms with Crippen LogP contribution in [0.15, 0.2) is 24.3 Å². The fraction of sp³-hybridized carbons (Fsp3) is 0.462. The summed E-state index contributed by atoms with van der Waals surface area (Å²) in [5.74, 6) is -0.770. The maximum Gasteiger partial charge on any atom is 0.416 e. The van der Waals surface area contributed by atoms with E-state index in [0.29, 0.717) is 12.0 Å². The first-order valence-electron chi connectivity index (χ1n) is 5.92. The van der Waals surface area contributed by atoms with Gasteiger partial charge in [-0.3, -0.25) is 4.79 Å². The van der Waals surface area contributed by atoms with Gasteiger partial charge in [0.05, 0.1) is 12.2 Å². The number of halogens is 3. The summed E-state index contributed by atoms with van der Waals surface area (Å²) in [6.07, 6.45) is -3.96. The Morgan fingerprint density at radius 2 is 2.00 bits per heavy atom. The van der Waals surface area contributed by atoms with Gasteiger partial charge in [0.2, 0.25) is 0 Å². The van der Waals surface area contributed by atoms with Gasteiger partial charge in [-0.2, -0.15) is 13.2 Å². The first-order chi connectivity index (χ1) is 8.79. The molecule has 6 heteroatoms. The minimum atomic E-state index is -4.36. The van der Waals surface area contributed by atoms with Gasteiger partial charge in [-0.15, -0.1) is 0 Å². The molecular weight excluding hydrogens is 259 g/mol. The van der Waals surface area contributed by atoms with Crippen molar-refractivity contribution in [3.05, 3.63) is 35.4 Å². The summed E-state index contributed by atoms with van der Waals surface area (Å²) in [5, 5.41) is 0. The third-order valence-electron chi connectivity index (χ3n) is 3.30. The van der Waals surface area contributed by atoms with Crippen molar-refractivity contribution in [2.75, 3.05) is 6.61 Å². The van der Waals surface area contributed by atoms with Crippen LogP contribution in [0.1, 0.15) is 30.4 Å². The van der Waals surface area contributed by atoms with E-state index >= 15 is 0 Å². The average Bonchev–Trinajstić information content (AvgIpc) is 3.03. The lowest BCUT2D eigenvalue weighted by molar-refractivity contribution is -0.146. The highest BCUT2D eigenvalue weighted by molar-refractivity contribution is 5.86. The normalized spacial score (nSPS) is 26.1. The van der Waals surface area contributed by atoms with Gasteiger partial charge in [0.15, 0.2) is 0 Å². The first kappa shape index (κ1) is 13.9. The molecule has 2 unspecified atom stereocenters. The van der Waals surface area contributed by atoms with Crippen LogP contribution >= 0.6 is 0 Å². The molecule has 1 aromatic rings. The highest BCUT2D eigenvalue weighted by Gasteiger charge is 2.59. The molecule has 0 heterocycles. The minimum absolute atomic E-state index is 0.234. The van der Waals surface area contributed by atoms with Crippen molar-refractivity contribution >= 4 is 5.97 Å². The van der Waals surface area contributed by atoms with E-state index in [1.807, 2.05) is 0 Å². The van der Waals surface area contributed by atoms with Crippen molar-refractivity contribution in [3.8, 4) is 0 Å². The number of hydrogen-bond donors (Lipinski definition) is 1. The zero-order valence-corrected chi connectivity index (χ0v) is 10.3. The number of carbonyl (C=O) groups is 1. The number of rotatable bonds is 3. The molecule has 1 aliphatic rings. The molecule has 0 bridgehead atoms. The largest absolute Gasteiger partial charge is 0.465 e. The van der Waals surface area contributed by atoms with Crippen molar-refractivity contribution in [1.82, 2.24) is 0 Å². The predicted octanol–water partition coefficient (Wildman–Crippen LogP) is 2.45. The molecular formula is C13H14F3NO2. The zero-order valence-electron chi connectivity index (χ0n) is 10.3. The van der Waals surface area contributed by atoms with E-state index in [2.05, 4.69) is 0 Å². The van der Waals surface area contributed by atoms with Crippen LogP contribution in [-0.4, -0.2) is 18.1 Å². The molecule has 19 heavy (non-hydrogen) atoms. The Bertz CT molecular complexity index is 484. The Labute approximate surface area is 108 Å². The van der Waals surface area contributed by atoms with Crippen molar-refractivity contribution in [2.24, 2.45) is 5.73 Å². The summed E-state index contributed by atoms with van der Waals surface area (Å²) >= 11 is 0. The first-order valence-corrected chi connectivity index (χ1v) is 5.92. The molecule has 1 aromatic carbocycles. The molecule has 1 saturated carbocycles. The molecule has 1 fully saturated rings. The highest BCUT2D eigenvalue weighted by Crippen LogP contribution is 2.50. The van der Waals surface area contributed by atoms with Crippen LogP contribution in [0.2, 0.25) is 0 Å². The molecule has 3 nitrogen and oxygen atoms in total. The van der Waals surface area contributed by atoms with Gasteiger partial charge >= 0.3 is 12.1 Å². The molecule has 0 radical (unpaired) electrons. The summed E-state index contributed by atoms with van der Waals surface area (Å²) in [6, 6.07) is 4.72. The second-order valence-corrected chi connectivity index (χ2v) is 4.64. The van der Waals surface area contributed by atoms with E-state index in [1.54, 1.807) is 6.92 Å². The molecule has 0 saturated heterocycles. The van der Waals surface area contributed by atoms with Crippen molar-refractivity contribution in [3.63, 3.8) is 0 Å². The number of nitrogens with two attached hydrogens (primary N) is 1. The fourth-order valence-corrected chi connectivity index (χ4v) is 2.09. The smallest absolute Gasteiger partial charge is 0.416 e. The van der Waals surface area contributed by atoms with Gasteiger partial charge < -0.3 is 10.5 Å². The fourth-order valence-electron chi connectivity index (χ4n) is 2.09. The van der Waals surface area contributed by atoms with Crippen LogP contribution in [-0.2, 0) is 15.7 Å². The average molecular weight is 273 g/mol. The topological polar surface area (TPSA) is 52.3 Å². The zero-order chi connectivity index (χ0) is 14.3. The standard InChI is InChI=1S/C13H14F3NO2/c1-2-19-11(18)12(17)7-10(12)8-3-5-9(6-4-8)13(14,15)16/h3-6,10H,2,7,17H2,1H3. The Hall–Kier alpha value is -1.56. The van der Waals surface area contributed by atoms with Crippen LogP contribution in [0, 0.1) is 0 Å². The number of ether oxygens (including phenoxy) is 1. The third-order valence-corrected chi connectivity index (χ3v) is 3.30. The minimum Gasteiger partial charge on any atom is -0.465 e. The molecule has 0 aromatic heterocycles. The van der Waals surface area contributed by atoms with Crippen molar-refractivity contribution in [1.29, 1.82) is 0 Å². The molecule has 0 aliphatic heterocycles. The second-order valence-electron chi connectivity index (χ2n) is 4.64. The van der Waals surface area contributed by atoms with E-state index in [9.17, 15) is 18.0 Å².